The molecule has 15 heavy (non-hydrogen) atoms. The largest absolute Gasteiger partial charge is 0.359 e. The van der Waals surface area contributed by atoms with Gasteiger partial charge in [-0.1, -0.05) is 6.92 Å². The van der Waals surface area contributed by atoms with Crippen LogP contribution in [0.2, 0.25) is 0 Å². The maximum absolute atomic E-state index is 12.2. The van der Waals surface area contributed by atoms with Gasteiger partial charge in [-0.15, -0.1) is 0 Å². The fourth-order valence-corrected chi connectivity index (χ4v) is 2.96. The van der Waals surface area contributed by atoms with E-state index in [2.05, 4.69) is 0 Å². The zero-order chi connectivity index (χ0) is 11.7. The summed E-state index contributed by atoms with van der Waals surface area (Å²) in [4.78, 5) is 0. The van der Waals surface area contributed by atoms with Crippen molar-refractivity contribution in [1.82, 2.24) is 0 Å². The van der Waals surface area contributed by atoms with E-state index in [1.807, 2.05) is 6.92 Å². The maximum atomic E-state index is 12.2. The molecule has 0 rings (SSSR count). The SMILES string of the molecule is CCOP(=O)(OCC)C(CC)OCOC. The van der Waals surface area contributed by atoms with Crippen molar-refractivity contribution in [2.45, 2.75) is 33.0 Å². The molecule has 0 aromatic carbocycles. The van der Waals surface area contributed by atoms with Crippen molar-refractivity contribution in [3.63, 3.8) is 0 Å². The molecule has 92 valence electrons. The van der Waals surface area contributed by atoms with Gasteiger partial charge in [-0.2, -0.15) is 0 Å². The molecular weight excluding hydrogens is 219 g/mol. The van der Waals surface area contributed by atoms with Gasteiger partial charge >= 0.3 is 7.60 Å². The summed E-state index contributed by atoms with van der Waals surface area (Å²) < 4.78 is 32.6. The van der Waals surface area contributed by atoms with Gasteiger partial charge in [0.25, 0.3) is 0 Å². The van der Waals surface area contributed by atoms with Crippen LogP contribution < -0.4 is 0 Å². The minimum atomic E-state index is -3.16. The zero-order valence-electron chi connectivity index (χ0n) is 9.89. The van der Waals surface area contributed by atoms with Crippen molar-refractivity contribution in [2.75, 3.05) is 27.1 Å². The first-order valence-corrected chi connectivity index (χ1v) is 6.75. The molecule has 0 saturated heterocycles. The van der Waals surface area contributed by atoms with Crippen LogP contribution in [0.15, 0.2) is 0 Å². The van der Waals surface area contributed by atoms with Gasteiger partial charge in [0.15, 0.2) is 5.85 Å². The lowest BCUT2D eigenvalue weighted by Gasteiger charge is -2.24. The van der Waals surface area contributed by atoms with Gasteiger partial charge in [-0.05, 0) is 20.3 Å². The van der Waals surface area contributed by atoms with Crippen LogP contribution in [0, 0.1) is 0 Å². The Kier molecular flexibility index (Phi) is 8.29. The third-order valence-corrected chi connectivity index (χ3v) is 4.15. The number of rotatable bonds is 9. The quantitative estimate of drug-likeness (QED) is 0.458. The molecule has 1 atom stereocenters. The van der Waals surface area contributed by atoms with Crippen LogP contribution in [0.25, 0.3) is 0 Å². The van der Waals surface area contributed by atoms with Crippen LogP contribution in [0.3, 0.4) is 0 Å². The van der Waals surface area contributed by atoms with Crippen molar-refractivity contribution in [1.29, 1.82) is 0 Å². The first-order chi connectivity index (χ1) is 7.14. The Morgan fingerprint density at radius 2 is 1.67 bits per heavy atom. The molecule has 0 amide bonds. The summed E-state index contributed by atoms with van der Waals surface area (Å²) in [5.41, 5.74) is 0. The predicted octanol–water partition coefficient (Wildman–Crippen LogP) is 2.61. The first-order valence-electron chi connectivity index (χ1n) is 5.13. The summed E-state index contributed by atoms with van der Waals surface area (Å²) in [5, 5.41) is 0. The van der Waals surface area contributed by atoms with E-state index >= 15 is 0 Å². The monoisotopic (exact) mass is 240 g/mol. The Hall–Kier alpha value is 0.0700. The second-order valence-electron chi connectivity index (χ2n) is 2.81. The van der Waals surface area contributed by atoms with Crippen molar-refractivity contribution < 1.29 is 23.1 Å². The lowest BCUT2D eigenvalue weighted by atomic mass is 10.5. The summed E-state index contributed by atoms with van der Waals surface area (Å²) in [7, 11) is -1.65. The Morgan fingerprint density at radius 3 is 2.00 bits per heavy atom. The van der Waals surface area contributed by atoms with Crippen molar-refractivity contribution >= 4 is 7.60 Å². The van der Waals surface area contributed by atoms with Gasteiger partial charge in [-0.25, -0.2) is 0 Å². The van der Waals surface area contributed by atoms with E-state index < -0.39 is 13.4 Å². The molecule has 0 spiro atoms. The van der Waals surface area contributed by atoms with Crippen LogP contribution in [0.1, 0.15) is 27.2 Å². The minimum absolute atomic E-state index is 0.0860. The van der Waals surface area contributed by atoms with Crippen LogP contribution in [-0.2, 0) is 23.1 Å². The lowest BCUT2D eigenvalue weighted by molar-refractivity contribution is -0.0551. The van der Waals surface area contributed by atoms with E-state index in [4.69, 9.17) is 18.5 Å². The van der Waals surface area contributed by atoms with Crippen molar-refractivity contribution in [2.24, 2.45) is 0 Å². The predicted molar refractivity (Wildman–Crippen MR) is 57.9 cm³/mol. The van der Waals surface area contributed by atoms with E-state index in [1.54, 1.807) is 13.8 Å². The van der Waals surface area contributed by atoms with Gasteiger partial charge in [0.05, 0.1) is 13.2 Å². The molecular formula is C9H21O5P. The molecule has 0 saturated carbocycles. The maximum Gasteiger partial charge on any atom is 0.359 e. The average Bonchev–Trinajstić information content (AvgIpc) is 2.19. The molecule has 5 nitrogen and oxygen atoms in total. The van der Waals surface area contributed by atoms with Crippen LogP contribution in [0.5, 0.6) is 0 Å². The molecule has 1 unspecified atom stereocenters. The third kappa shape index (κ3) is 5.09. The summed E-state index contributed by atoms with van der Waals surface area (Å²) in [5.74, 6) is -0.558. The molecule has 0 aliphatic heterocycles. The minimum Gasteiger partial charge on any atom is -0.359 e. The van der Waals surface area contributed by atoms with Gasteiger partial charge < -0.3 is 18.5 Å². The number of hydrogen-bond donors (Lipinski definition) is 0. The molecule has 0 fully saturated rings. The molecule has 6 heteroatoms. The zero-order valence-corrected chi connectivity index (χ0v) is 10.8. The summed E-state index contributed by atoms with van der Waals surface area (Å²) in [6, 6.07) is 0. The van der Waals surface area contributed by atoms with Crippen LogP contribution >= 0.6 is 7.60 Å². The van der Waals surface area contributed by atoms with E-state index in [0.29, 0.717) is 19.6 Å². The van der Waals surface area contributed by atoms with Gasteiger partial charge in [0, 0.05) is 7.11 Å². The Bertz CT molecular complexity index is 187. The van der Waals surface area contributed by atoms with Gasteiger partial charge in [0.2, 0.25) is 0 Å². The highest BCUT2D eigenvalue weighted by atomic mass is 31.2. The van der Waals surface area contributed by atoms with Crippen LogP contribution in [0.4, 0.5) is 0 Å². The molecule has 0 aromatic rings. The van der Waals surface area contributed by atoms with E-state index in [1.165, 1.54) is 7.11 Å². The second kappa shape index (κ2) is 8.25. The highest BCUT2D eigenvalue weighted by molar-refractivity contribution is 7.54. The number of ether oxygens (including phenoxy) is 2. The first kappa shape index (κ1) is 15.1. The molecule has 0 aliphatic carbocycles. The van der Waals surface area contributed by atoms with E-state index in [9.17, 15) is 4.57 Å². The second-order valence-corrected chi connectivity index (χ2v) is 4.98. The fourth-order valence-electron chi connectivity index (χ4n) is 1.14. The molecule has 0 bridgehead atoms. The normalized spacial score (nSPS) is 14.1. The Labute approximate surface area is 91.6 Å². The van der Waals surface area contributed by atoms with Crippen molar-refractivity contribution in [3.8, 4) is 0 Å². The molecule has 0 N–H and O–H groups in total. The number of methoxy groups -OCH3 is 1. The Morgan fingerprint density at radius 1 is 1.13 bits per heavy atom. The van der Waals surface area contributed by atoms with Crippen molar-refractivity contribution in [3.05, 3.63) is 0 Å². The van der Waals surface area contributed by atoms with E-state index in [-0.39, 0.29) is 6.79 Å². The smallest absolute Gasteiger partial charge is 0.359 e. The molecule has 0 aliphatic rings. The van der Waals surface area contributed by atoms with Gasteiger partial charge in [0.1, 0.15) is 6.79 Å². The average molecular weight is 240 g/mol. The fraction of sp³-hybridized carbons (Fsp3) is 1.00. The molecule has 0 radical (unpaired) electrons. The topological polar surface area (TPSA) is 54.0 Å². The summed E-state index contributed by atoms with van der Waals surface area (Å²) in [6.45, 7) is 6.17. The van der Waals surface area contributed by atoms with Crippen LogP contribution in [-0.4, -0.2) is 33.0 Å². The molecule has 0 aromatic heterocycles. The summed E-state index contributed by atoms with van der Waals surface area (Å²) in [6.07, 6.45) is 0.556. The standard InChI is InChI=1S/C9H21O5P/c1-5-9(12-8-11-4)15(10,13-6-2)14-7-3/h9H,5-8H2,1-4H3. The highest BCUT2D eigenvalue weighted by Crippen LogP contribution is 2.54. The van der Waals surface area contributed by atoms with Gasteiger partial charge in [-0.3, -0.25) is 4.57 Å². The highest BCUT2D eigenvalue weighted by Gasteiger charge is 2.35. The third-order valence-electron chi connectivity index (χ3n) is 1.70. The molecule has 0 heterocycles. The Balaban J connectivity index is 4.46. The summed E-state index contributed by atoms with van der Waals surface area (Å²) >= 11 is 0. The lowest BCUT2D eigenvalue weighted by Crippen LogP contribution is -2.17. The van der Waals surface area contributed by atoms with E-state index in [0.717, 1.165) is 0 Å². The number of hydrogen-bond acceptors (Lipinski definition) is 5.